The van der Waals surface area contributed by atoms with Crippen molar-refractivity contribution in [3.8, 4) is 0 Å². The SMILES string of the molecule is C[C@H](c1cccc2ccccc12)N(C)C(=O)c1cc(CN2CCC(O)CC2)on1. The van der Waals surface area contributed by atoms with Gasteiger partial charge in [0.2, 0.25) is 0 Å². The number of fused-ring (bicyclic) bond motifs is 1. The van der Waals surface area contributed by atoms with Gasteiger partial charge in [-0.15, -0.1) is 0 Å². The Labute approximate surface area is 170 Å². The molecule has 0 spiro atoms. The average Bonchev–Trinajstić information content (AvgIpc) is 3.22. The van der Waals surface area contributed by atoms with Crippen LogP contribution in [0.25, 0.3) is 10.8 Å². The van der Waals surface area contributed by atoms with Gasteiger partial charge >= 0.3 is 0 Å². The third kappa shape index (κ3) is 4.18. The van der Waals surface area contributed by atoms with Crippen molar-refractivity contribution < 1.29 is 14.4 Å². The number of benzene rings is 2. The lowest BCUT2D eigenvalue weighted by Crippen LogP contribution is -2.35. The van der Waals surface area contributed by atoms with Crippen molar-refractivity contribution in [3.63, 3.8) is 0 Å². The van der Waals surface area contributed by atoms with Crippen molar-refractivity contribution in [1.29, 1.82) is 0 Å². The van der Waals surface area contributed by atoms with Gasteiger partial charge in [-0.3, -0.25) is 9.69 Å². The Morgan fingerprint density at radius 2 is 1.97 bits per heavy atom. The molecule has 1 saturated heterocycles. The molecular formula is C23H27N3O3. The lowest BCUT2D eigenvalue weighted by Gasteiger charge is -2.28. The number of hydrogen-bond acceptors (Lipinski definition) is 5. The molecule has 1 fully saturated rings. The Bertz CT molecular complexity index is 986. The highest BCUT2D eigenvalue weighted by atomic mass is 16.5. The lowest BCUT2D eigenvalue weighted by atomic mass is 9.99. The van der Waals surface area contributed by atoms with E-state index >= 15 is 0 Å². The van der Waals surface area contributed by atoms with Crippen LogP contribution in [0.4, 0.5) is 0 Å². The summed E-state index contributed by atoms with van der Waals surface area (Å²) in [5.74, 6) is 0.519. The molecule has 1 amide bonds. The zero-order valence-electron chi connectivity index (χ0n) is 16.9. The molecule has 0 bridgehead atoms. The first-order valence-electron chi connectivity index (χ1n) is 10.1. The summed E-state index contributed by atoms with van der Waals surface area (Å²) < 4.78 is 5.42. The Balaban J connectivity index is 1.47. The smallest absolute Gasteiger partial charge is 0.276 e. The van der Waals surface area contributed by atoms with Crippen LogP contribution < -0.4 is 0 Å². The van der Waals surface area contributed by atoms with Crippen molar-refractivity contribution in [2.24, 2.45) is 0 Å². The maximum atomic E-state index is 13.0. The van der Waals surface area contributed by atoms with Crippen LogP contribution in [0.2, 0.25) is 0 Å². The fraction of sp³-hybridized carbons (Fsp3) is 0.391. The van der Waals surface area contributed by atoms with Crippen molar-refractivity contribution in [3.05, 3.63) is 65.5 Å². The van der Waals surface area contributed by atoms with Crippen molar-refractivity contribution in [1.82, 2.24) is 15.0 Å². The maximum absolute atomic E-state index is 13.0. The van der Waals surface area contributed by atoms with E-state index in [0.29, 0.717) is 18.0 Å². The summed E-state index contributed by atoms with van der Waals surface area (Å²) >= 11 is 0. The third-order valence-electron chi connectivity index (χ3n) is 5.89. The first kappa shape index (κ1) is 19.6. The van der Waals surface area contributed by atoms with Gasteiger partial charge in [0.05, 0.1) is 18.7 Å². The van der Waals surface area contributed by atoms with Gasteiger partial charge in [-0.05, 0) is 36.1 Å². The molecule has 3 aromatic rings. The standard InChI is InChI=1S/C23H27N3O3/c1-16(20-9-5-7-17-6-3-4-8-21(17)20)25(2)23(28)22-14-19(29-24-22)15-26-12-10-18(27)11-13-26/h3-9,14,16,18,27H,10-13,15H2,1-2H3/t16-/m1/s1. The van der Waals surface area contributed by atoms with E-state index in [1.807, 2.05) is 25.1 Å². The Kier molecular flexibility index (Phi) is 5.65. The summed E-state index contributed by atoms with van der Waals surface area (Å²) in [6.45, 7) is 4.28. The van der Waals surface area contributed by atoms with Crippen molar-refractivity contribution in [2.75, 3.05) is 20.1 Å². The average molecular weight is 393 g/mol. The van der Waals surface area contributed by atoms with Crippen LogP contribution in [-0.2, 0) is 6.54 Å². The normalized spacial score (nSPS) is 16.8. The van der Waals surface area contributed by atoms with Crippen LogP contribution in [0, 0.1) is 0 Å². The minimum absolute atomic E-state index is 0.0997. The first-order valence-corrected chi connectivity index (χ1v) is 10.1. The summed E-state index contributed by atoms with van der Waals surface area (Å²) in [6.07, 6.45) is 1.33. The fourth-order valence-electron chi connectivity index (χ4n) is 3.97. The molecule has 1 aromatic heterocycles. The number of carbonyl (C=O) groups excluding carboxylic acids is 1. The van der Waals surface area contributed by atoms with Crippen LogP contribution in [-0.4, -0.2) is 52.2 Å². The highest BCUT2D eigenvalue weighted by Gasteiger charge is 2.24. The number of carbonyl (C=O) groups is 1. The second kappa shape index (κ2) is 8.35. The molecule has 0 unspecified atom stereocenters. The topological polar surface area (TPSA) is 69.8 Å². The lowest BCUT2D eigenvalue weighted by molar-refractivity contribution is 0.0725. The minimum Gasteiger partial charge on any atom is -0.393 e. The quantitative estimate of drug-likeness (QED) is 0.717. The molecular weight excluding hydrogens is 366 g/mol. The van der Waals surface area contributed by atoms with E-state index in [1.54, 1.807) is 18.0 Å². The van der Waals surface area contributed by atoms with Gasteiger partial charge in [0.25, 0.3) is 5.91 Å². The largest absolute Gasteiger partial charge is 0.393 e. The highest BCUT2D eigenvalue weighted by Crippen LogP contribution is 2.28. The summed E-state index contributed by atoms with van der Waals surface area (Å²) in [5.41, 5.74) is 1.43. The molecule has 4 rings (SSSR count). The highest BCUT2D eigenvalue weighted by molar-refractivity contribution is 5.93. The van der Waals surface area contributed by atoms with E-state index in [1.165, 1.54) is 0 Å². The number of likely N-dealkylation sites (tertiary alicyclic amines) is 1. The van der Waals surface area contributed by atoms with E-state index in [2.05, 4.69) is 34.3 Å². The van der Waals surface area contributed by atoms with Gasteiger partial charge in [0, 0.05) is 26.2 Å². The molecule has 6 heteroatoms. The van der Waals surface area contributed by atoms with Crippen LogP contribution in [0.3, 0.4) is 0 Å². The van der Waals surface area contributed by atoms with Crippen LogP contribution in [0.1, 0.15) is 47.6 Å². The number of aliphatic hydroxyl groups excluding tert-OH is 1. The Morgan fingerprint density at radius 3 is 2.76 bits per heavy atom. The third-order valence-corrected chi connectivity index (χ3v) is 5.89. The number of piperidine rings is 1. The first-order chi connectivity index (χ1) is 14.0. The molecule has 2 heterocycles. The van der Waals surface area contributed by atoms with E-state index in [9.17, 15) is 9.90 Å². The summed E-state index contributed by atoms with van der Waals surface area (Å²) in [7, 11) is 1.80. The number of rotatable bonds is 5. The number of aliphatic hydroxyl groups is 1. The zero-order chi connectivity index (χ0) is 20.4. The summed E-state index contributed by atoms with van der Waals surface area (Å²) in [5, 5.41) is 16.0. The molecule has 1 atom stereocenters. The molecule has 2 aromatic carbocycles. The van der Waals surface area contributed by atoms with Crippen LogP contribution in [0.15, 0.2) is 53.1 Å². The van der Waals surface area contributed by atoms with Crippen molar-refractivity contribution >= 4 is 16.7 Å². The molecule has 29 heavy (non-hydrogen) atoms. The molecule has 0 saturated carbocycles. The van der Waals surface area contributed by atoms with Crippen LogP contribution >= 0.6 is 0 Å². The predicted molar refractivity (Wildman–Crippen MR) is 111 cm³/mol. The number of hydrogen-bond donors (Lipinski definition) is 1. The van der Waals surface area contributed by atoms with E-state index in [-0.39, 0.29) is 18.1 Å². The molecule has 152 valence electrons. The van der Waals surface area contributed by atoms with Gasteiger partial charge in [-0.25, -0.2) is 0 Å². The molecule has 1 N–H and O–H groups in total. The molecule has 1 aliphatic rings. The second-order valence-corrected chi connectivity index (χ2v) is 7.85. The Morgan fingerprint density at radius 1 is 1.24 bits per heavy atom. The number of nitrogens with zero attached hydrogens (tertiary/aromatic N) is 3. The number of amides is 1. The molecule has 0 aliphatic carbocycles. The van der Waals surface area contributed by atoms with E-state index in [0.717, 1.165) is 42.3 Å². The summed E-state index contributed by atoms with van der Waals surface area (Å²) in [6, 6.07) is 16.0. The fourth-order valence-corrected chi connectivity index (χ4v) is 3.97. The second-order valence-electron chi connectivity index (χ2n) is 7.85. The minimum atomic E-state index is -0.206. The molecule has 1 aliphatic heterocycles. The maximum Gasteiger partial charge on any atom is 0.276 e. The zero-order valence-corrected chi connectivity index (χ0v) is 16.9. The van der Waals surface area contributed by atoms with Gasteiger partial charge in [0.1, 0.15) is 0 Å². The van der Waals surface area contributed by atoms with Gasteiger partial charge < -0.3 is 14.5 Å². The molecule has 0 radical (unpaired) electrons. The van der Waals surface area contributed by atoms with Crippen molar-refractivity contribution in [2.45, 2.75) is 38.5 Å². The van der Waals surface area contributed by atoms with Gasteiger partial charge in [-0.1, -0.05) is 47.6 Å². The predicted octanol–water partition coefficient (Wildman–Crippen LogP) is 3.62. The van der Waals surface area contributed by atoms with E-state index < -0.39 is 0 Å². The van der Waals surface area contributed by atoms with Crippen LogP contribution in [0.5, 0.6) is 0 Å². The van der Waals surface area contributed by atoms with Gasteiger partial charge in [0.15, 0.2) is 11.5 Å². The molecule has 6 nitrogen and oxygen atoms in total. The monoisotopic (exact) mass is 393 g/mol. The summed E-state index contributed by atoms with van der Waals surface area (Å²) in [4.78, 5) is 16.9. The van der Waals surface area contributed by atoms with Gasteiger partial charge in [-0.2, -0.15) is 0 Å². The Hall–Kier alpha value is -2.70. The number of aromatic nitrogens is 1. The van der Waals surface area contributed by atoms with E-state index in [4.69, 9.17) is 4.52 Å².